The Kier molecular flexibility index (Phi) is 3.66. The van der Waals surface area contributed by atoms with E-state index in [1.807, 2.05) is 0 Å². The minimum absolute atomic E-state index is 0.0496. The molecule has 9 heteroatoms. The molecule has 0 amide bonds. The van der Waals surface area contributed by atoms with Crippen molar-refractivity contribution in [3.05, 3.63) is 35.2 Å². The number of aryl methyl sites for hydroxylation is 2. The molecule has 1 aliphatic heterocycles. The molecule has 23 heavy (non-hydrogen) atoms. The molecule has 1 saturated heterocycles. The number of hydrogen-bond donors (Lipinski definition) is 2. The van der Waals surface area contributed by atoms with Crippen molar-refractivity contribution in [2.45, 2.75) is 24.3 Å². The molecule has 0 spiro atoms. The number of rotatable bonds is 4. The minimum Gasteiger partial charge on any atom is -0.496 e. The van der Waals surface area contributed by atoms with Crippen LogP contribution in [0.4, 0.5) is 0 Å². The smallest absolute Gasteiger partial charge is 0.243 e. The Bertz CT molecular complexity index is 803. The van der Waals surface area contributed by atoms with Crippen LogP contribution in [-0.4, -0.2) is 53.4 Å². The van der Waals surface area contributed by atoms with Gasteiger partial charge in [-0.25, -0.2) is 8.42 Å². The Labute approximate surface area is 134 Å². The maximum absolute atomic E-state index is 12.7. The van der Waals surface area contributed by atoms with Crippen molar-refractivity contribution in [1.29, 1.82) is 0 Å². The largest absolute Gasteiger partial charge is 0.496 e. The first kappa shape index (κ1) is 15.9. The molecule has 1 aromatic heterocycles. The number of β-amino-alcohol motifs (C(OH)–C–C–N with tert-alkyl or cyclic N) is 1. The van der Waals surface area contributed by atoms with E-state index in [2.05, 4.69) is 15.4 Å². The Balaban J connectivity index is 1.87. The van der Waals surface area contributed by atoms with Gasteiger partial charge in [-0.1, -0.05) is 0 Å². The van der Waals surface area contributed by atoms with E-state index in [9.17, 15) is 13.5 Å². The monoisotopic (exact) mass is 338 g/mol. The molecule has 1 aliphatic rings. The van der Waals surface area contributed by atoms with E-state index in [0.29, 0.717) is 11.4 Å². The fourth-order valence-corrected chi connectivity index (χ4v) is 4.54. The molecule has 3 rings (SSSR count). The average molecular weight is 338 g/mol. The maximum Gasteiger partial charge on any atom is 0.243 e. The van der Waals surface area contributed by atoms with Gasteiger partial charge in [-0.2, -0.15) is 19.7 Å². The van der Waals surface area contributed by atoms with Crippen molar-refractivity contribution in [2.24, 2.45) is 0 Å². The predicted octanol–water partition coefficient (Wildman–Crippen LogP) is 0.322. The summed E-state index contributed by atoms with van der Waals surface area (Å²) < 4.78 is 31.9. The summed E-state index contributed by atoms with van der Waals surface area (Å²) in [5, 5.41) is 20.3. The molecule has 1 fully saturated rings. The highest BCUT2D eigenvalue weighted by Gasteiger charge is 2.50. The third-order valence-corrected chi connectivity index (χ3v) is 5.81. The van der Waals surface area contributed by atoms with Crippen LogP contribution >= 0.6 is 0 Å². The Hall–Kier alpha value is -1.97. The molecule has 124 valence electrons. The topological polar surface area (TPSA) is 108 Å². The van der Waals surface area contributed by atoms with Crippen molar-refractivity contribution in [1.82, 2.24) is 19.7 Å². The van der Waals surface area contributed by atoms with Crippen molar-refractivity contribution in [3.63, 3.8) is 0 Å². The standard InChI is InChI=1S/C14H18N4O4S/c1-9-4-11(5-10(2)13(9)22-3)23(20,21)18-7-14(19,8-18)12-6-15-17-16-12/h4-6,19H,7-8H2,1-3H3,(H,15,16,17). The summed E-state index contributed by atoms with van der Waals surface area (Å²) in [5.74, 6) is 0.673. The summed E-state index contributed by atoms with van der Waals surface area (Å²) in [4.78, 5) is 0.190. The first-order valence-corrected chi connectivity index (χ1v) is 8.46. The third-order valence-electron chi connectivity index (χ3n) is 4.04. The highest BCUT2D eigenvalue weighted by molar-refractivity contribution is 7.89. The van der Waals surface area contributed by atoms with E-state index in [1.54, 1.807) is 33.1 Å². The van der Waals surface area contributed by atoms with Crippen LogP contribution < -0.4 is 4.74 Å². The molecule has 0 radical (unpaired) electrons. The zero-order valence-electron chi connectivity index (χ0n) is 13.1. The maximum atomic E-state index is 12.7. The van der Waals surface area contributed by atoms with E-state index < -0.39 is 15.6 Å². The van der Waals surface area contributed by atoms with E-state index >= 15 is 0 Å². The van der Waals surface area contributed by atoms with E-state index in [4.69, 9.17) is 4.74 Å². The number of aromatic amines is 1. The van der Waals surface area contributed by atoms with Crippen molar-refractivity contribution in [2.75, 3.05) is 20.2 Å². The molecule has 0 atom stereocenters. The first-order valence-electron chi connectivity index (χ1n) is 7.02. The van der Waals surface area contributed by atoms with Crippen LogP contribution in [0.2, 0.25) is 0 Å². The van der Waals surface area contributed by atoms with Crippen molar-refractivity contribution in [3.8, 4) is 5.75 Å². The summed E-state index contributed by atoms with van der Waals surface area (Å²) >= 11 is 0. The second-order valence-corrected chi connectivity index (χ2v) is 7.69. The van der Waals surface area contributed by atoms with Crippen LogP contribution in [0.15, 0.2) is 23.2 Å². The number of benzene rings is 1. The van der Waals surface area contributed by atoms with E-state index in [-0.39, 0.29) is 18.0 Å². The van der Waals surface area contributed by atoms with Crippen LogP contribution in [0.1, 0.15) is 16.8 Å². The number of aromatic nitrogens is 3. The number of aliphatic hydroxyl groups is 1. The minimum atomic E-state index is -3.67. The molecular weight excluding hydrogens is 320 g/mol. The summed E-state index contributed by atoms with van der Waals surface area (Å²) in [6, 6.07) is 3.16. The van der Waals surface area contributed by atoms with Gasteiger partial charge < -0.3 is 9.84 Å². The molecule has 2 aromatic rings. The fourth-order valence-electron chi connectivity index (χ4n) is 2.83. The molecule has 1 aromatic carbocycles. The van der Waals surface area contributed by atoms with Gasteiger partial charge in [-0.05, 0) is 37.1 Å². The second kappa shape index (κ2) is 5.29. The summed E-state index contributed by atoms with van der Waals surface area (Å²) in [5.41, 5.74) is 0.541. The molecule has 0 saturated carbocycles. The van der Waals surface area contributed by atoms with Gasteiger partial charge in [0.25, 0.3) is 0 Å². The Morgan fingerprint density at radius 3 is 2.39 bits per heavy atom. The number of nitrogens with zero attached hydrogens (tertiary/aromatic N) is 3. The van der Waals surface area contributed by atoms with Crippen LogP contribution in [-0.2, 0) is 15.6 Å². The van der Waals surface area contributed by atoms with Crippen LogP contribution in [0.25, 0.3) is 0 Å². The van der Waals surface area contributed by atoms with Gasteiger partial charge >= 0.3 is 0 Å². The molecule has 0 unspecified atom stereocenters. The van der Waals surface area contributed by atoms with Crippen LogP contribution in [0, 0.1) is 13.8 Å². The summed E-state index contributed by atoms with van der Waals surface area (Å²) in [7, 11) is -2.12. The normalized spacial score (nSPS) is 17.7. The molecule has 0 aliphatic carbocycles. The first-order chi connectivity index (χ1) is 10.8. The number of nitrogens with one attached hydrogen (secondary N) is 1. The Morgan fingerprint density at radius 1 is 1.30 bits per heavy atom. The number of ether oxygens (including phenoxy) is 1. The van der Waals surface area contributed by atoms with Gasteiger partial charge in [0.1, 0.15) is 17.0 Å². The van der Waals surface area contributed by atoms with Gasteiger partial charge in [-0.15, -0.1) is 0 Å². The quantitative estimate of drug-likeness (QED) is 0.831. The molecule has 0 bridgehead atoms. The SMILES string of the molecule is COc1c(C)cc(S(=O)(=O)N2CC(O)(c3cn[nH]n3)C2)cc1C. The lowest BCUT2D eigenvalue weighted by molar-refractivity contribution is -0.0682. The zero-order chi connectivity index (χ0) is 16.8. The van der Waals surface area contributed by atoms with Crippen LogP contribution in [0.3, 0.4) is 0 Å². The average Bonchev–Trinajstić information content (AvgIpc) is 2.98. The van der Waals surface area contributed by atoms with Gasteiger partial charge in [0.2, 0.25) is 10.0 Å². The lowest BCUT2D eigenvalue weighted by atomic mass is 9.94. The zero-order valence-corrected chi connectivity index (χ0v) is 13.9. The molecular formula is C14H18N4O4S. The van der Waals surface area contributed by atoms with Crippen molar-refractivity contribution >= 4 is 10.0 Å². The predicted molar refractivity (Wildman–Crippen MR) is 81.5 cm³/mol. The number of hydrogen-bond acceptors (Lipinski definition) is 6. The molecule has 2 N–H and O–H groups in total. The Morgan fingerprint density at radius 2 is 1.91 bits per heavy atom. The second-order valence-electron chi connectivity index (χ2n) is 5.75. The van der Waals surface area contributed by atoms with Gasteiger partial charge in [0.05, 0.1) is 31.3 Å². The summed E-state index contributed by atoms with van der Waals surface area (Å²) in [6.45, 7) is 3.50. The fraction of sp³-hybridized carbons (Fsp3) is 0.429. The molecule has 8 nitrogen and oxygen atoms in total. The van der Waals surface area contributed by atoms with Crippen molar-refractivity contribution < 1.29 is 18.3 Å². The third kappa shape index (κ3) is 2.50. The lowest BCUT2D eigenvalue weighted by Gasteiger charge is -2.43. The molecule has 2 heterocycles. The highest BCUT2D eigenvalue weighted by Crippen LogP contribution is 2.36. The highest BCUT2D eigenvalue weighted by atomic mass is 32.2. The summed E-state index contributed by atoms with van der Waals surface area (Å²) in [6.07, 6.45) is 1.39. The van der Waals surface area contributed by atoms with Gasteiger partial charge in [0, 0.05) is 0 Å². The van der Waals surface area contributed by atoms with E-state index in [1.165, 1.54) is 10.5 Å². The van der Waals surface area contributed by atoms with Gasteiger partial charge in [-0.3, -0.25) is 0 Å². The number of H-pyrrole nitrogens is 1. The number of methoxy groups -OCH3 is 1. The van der Waals surface area contributed by atoms with Gasteiger partial charge in [0.15, 0.2) is 0 Å². The number of sulfonamides is 1. The van der Waals surface area contributed by atoms with E-state index in [0.717, 1.165) is 11.1 Å². The van der Waals surface area contributed by atoms with Crippen LogP contribution in [0.5, 0.6) is 5.75 Å². The lowest BCUT2D eigenvalue weighted by Crippen LogP contribution is -2.61.